The van der Waals surface area contributed by atoms with E-state index >= 15 is 0 Å². The highest BCUT2D eigenvalue weighted by atomic mass is 35.5. The highest BCUT2D eigenvalue weighted by Crippen LogP contribution is 2.48. The van der Waals surface area contributed by atoms with Crippen LogP contribution in [0.5, 0.6) is 0 Å². The number of primary sulfonamides is 1. The predicted molar refractivity (Wildman–Crippen MR) is 87.5 cm³/mol. The van der Waals surface area contributed by atoms with Gasteiger partial charge in [0.25, 0.3) is 0 Å². The lowest BCUT2D eigenvalue weighted by atomic mass is 9.60. The van der Waals surface area contributed by atoms with E-state index in [4.69, 9.17) is 16.7 Å². The van der Waals surface area contributed by atoms with Crippen molar-refractivity contribution in [3.8, 4) is 0 Å². The second kappa shape index (κ2) is 5.27. The number of allylic oxidation sites excluding steroid dienone is 3. The van der Waals surface area contributed by atoms with Crippen molar-refractivity contribution in [2.75, 3.05) is 0 Å². The molecule has 0 saturated carbocycles. The highest BCUT2D eigenvalue weighted by Gasteiger charge is 2.42. The van der Waals surface area contributed by atoms with Crippen molar-refractivity contribution in [2.45, 2.75) is 32.6 Å². The molecule has 0 fully saturated rings. The average Bonchev–Trinajstić information content (AvgIpc) is 2.37. The first-order chi connectivity index (χ1) is 9.56. The van der Waals surface area contributed by atoms with E-state index in [0.29, 0.717) is 11.4 Å². The Balaban J connectivity index is 2.52. The summed E-state index contributed by atoms with van der Waals surface area (Å²) in [5.74, 6) is 0. The molecule has 0 heterocycles. The first-order valence-corrected chi connectivity index (χ1v) is 8.67. The summed E-state index contributed by atoms with van der Waals surface area (Å²) in [6.07, 6.45) is 5.85. The minimum absolute atomic E-state index is 0.0856. The van der Waals surface area contributed by atoms with Gasteiger partial charge in [-0.25, -0.2) is 13.6 Å². The van der Waals surface area contributed by atoms with Gasteiger partial charge >= 0.3 is 0 Å². The largest absolute Gasteiger partial charge is 0.237 e. The Hall–Kier alpha value is -1.10. The third-order valence-electron chi connectivity index (χ3n) is 4.18. The van der Waals surface area contributed by atoms with Gasteiger partial charge in [-0.3, -0.25) is 0 Å². The topological polar surface area (TPSA) is 60.2 Å². The number of rotatable bonds is 2. The van der Waals surface area contributed by atoms with Crippen LogP contribution in [0.2, 0.25) is 5.02 Å². The Morgan fingerprint density at radius 2 is 1.76 bits per heavy atom. The average molecular weight is 326 g/mol. The van der Waals surface area contributed by atoms with Crippen molar-refractivity contribution in [3.63, 3.8) is 0 Å². The van der Waals surface area contributed by atoms with Crippen LogP contribution in [0, 0.1) is 5.41 Å². The normalized spacial score (nSPS) is 23.0. The molecule has 0 saturated heterocycles. The van der Waals surface area contributed by atoms with Gasteiger partial charge < -0.3 is 0 Å². The lowest BCUT2D eigenvalue weighted by molar-refractivity contribution is 0.237. The zero-order chi connectivity index (χ0) is 15.9. The summed E-state index contributed by atoms with van der Waals surface area (Å²) in [6, 6.07) is 7.70. The molecule has 2 rings (SSSR count). The number of benzene rings is 1. The summed E-state index contributed by atoms with van der Waals surface area (Å²) >= 11 is 5.97. The zero-order valence-corrected chi connectivity index (χ0v) is 14.0. The van der Waals surface area contributed by atoms with Crippen LogP contribution in [0.4, 0.5) is 0 Å². The number of hydrogen-bond acceptors (Lipinski definition) is 2. The molecule has 1 aromatic rings. The van der Waals surface area contributed by atoms with Gasteiger partial charge in [0.1, 0.15) is 0 Å². The van der Waals surface area contributed by atoms with Gasteiger partial charge in [0.2, 0.25) is 10.0 Å². The van der Waals surface area contributed by atoms with Crippen molar-refractivity contribution in [1.82, 2.24) is 0 Å². The molecule has 3 nitrogen and oxygen atoms in total. The Labute approximate surface area is 131 Å². The molecule has 1 aliphatic carbocycles. The van der Waals surface area contributed by atoms with Crippen molar-refractivity contribution >= 4 is 21.6 Å². The highest BCUT2D eigenvalue weighted by molar-refractivity contribution is 7.93. The van der Waals surface area contributed by atoms with Gasteiger partial charge in [0.15, 0.2) is 0 Å². The summed E-state index contributed by atoms with van der Waals surface area (Å²) in [6.45, 7) is 6.42. The van der Waals surface area contributed by atoms with E-state index < -0.39 is 10.0 Å². The van der Waals surface area contributed by atoms with E-state index in [1.807, 2.05) is 30.3 Å². The monoisotopic (exact) mass is 325 g/mol. The van der Waals surface area contributed by atoms with Crippen molar-refractivity contribution < 1.29 is 8.42 Å². The standard InChI is InChI=1S/C16H20ClNO2S/c1-15(2,3)16(12-4-6-13(17)7-5-12)10-8-14(9-11-16)21(18,19)20/h4-10H,11H2,1-3H3,(H2,18,19,20). The van der Waals surface area contributed by atoms with Crippen molar-refractivity contribution in [1.29, 1.82) is 0 Å². The first kappa shape index (κ1) is 16.3. The van der Waals surface area contributed by atoms with Crippen LogP contribution < -0.4 is 5.14 Å². The number of sulfonamides is 1. The summed E-state index contributed by atoms with van der Waals surface area (Å²) in [4.78, 5) is 0.177. The maximum atomic E-state index is 11.5. The van der Waals surface area contributed by atoms with Crippen LogP contribution in [-0.2, 0) is 15.4 Å². The van der Waals surface area contributed by atoms with Crippen LogP contribution in [0.25, 0.3) is 0 Å². The number of hydrogen-bond donors (Lipinski definition) is 1. The van der Waals surface area contributed by atoms with E-state index in [1.54, 1.807) is 12.2 Å². The van der Waals surface area contributed by atoms with E-state index in [-0.39, 0.29) is 15.7 Å². The zero-order valence-electron chi connectivity index (χ0n) is 12.4. The van der Waals surface area contributed by atoms with Crippen LogP contribution in [0.15, 0.2) is 47.4 Å². The quantitative estimate of drug-likeness (QED) is 0.900. The predicted octanol–water partition coefficient (Wildman–Crippen LogP) is 3.76. The molecule has 114 valence electrons. The smallest absolute Gasteiger partial charge is 0.225 e. The van der Waals surface area contributed by atoms with Crippen molar-refractivity contribution in [3.05, 3.63) is 58.0 Å². The Morgan fingerprint density at radius 3 is 2.14 bits per heavy atom. The van der Waals surface area contributed by atoms with E-state index in [1.165, 1.54) is 0 Å². The summed E-state index contributed by atoms with van der Waals surface area (Å²) in [5, 5.41) is 5.89. The summed E-state index contributed by atoms with van der Waals surface area (Å²) in [5.41, 5.74) is 0.740. The van der Waals surface area contributed by atoms with Gasteiger partial charge in [-0.2, -0.15) is 0 Å². The van der Waals surface area contributed by atoms with E-state index in [2.05, 4.69) is 20.8 Å². The molecule has 21 heavy (non-hydrogen) atoms. The molecule has 1 unspecified atom stereocenters. The van der Waals surface area contributed by atoms with Crippen LogP contribution >= 0.6 is 11.6 Å². The number of nitrogens with two attached hydrogens (primary N) is 1. The fraction of sp³-hybridized carbons (Fsp3) is 0.375. The molecule has 1 aliphatic rings. The minimum Gasteiger partial charge on any atom is -0.225 e. The molecular weight excluding hydrogens is 306 g/mol. The molecule has 0 aromatic heterocycles. The lowest BCUT2D eigenvalue weighted by Gasteiger charge is -2.44. The minimum atomic E-state index is -3.66. The summed E-state index contributed by atoms with van der Waals surface area (Å²) < 4.78 is 22.9. The number of halogens is 1. The third kappa shape index (κ3) is 3.07. The van der Waals surface area contributed by atoms with Crippen LogP contribution in [0.1, 0.15) is 32.8 Å². The first-order valence-electron chi connectivity index (χ1n) is 6.74. The molecule has 1 aromatic carbocycles. The van der Waals surface area contributed by atoms with E-state index in [9.17, 15) is 8.42 Å². The molecule has 0 spiro atoms. The Kier molecular flexibility index (Phi) is 4.08. The van der Waals surface area contributed by atoms with Gasteiger partial charge in [-0.05, 0) is 35.6 Å². The maximum Gasteiger partial charge on any atom is 0.237 e. The second-order valence-corrected chi connectivity index (χ2v) is 8.42. The van der Waals surface area contributed by atoms with Gasteiger partial charge in [-0.1, -0.05) is 56.7 Å². The maximum absolute atomic E-state index is 11.5. The Morgan fingerprint density at radius 1 is 1.19 bits per heavy atom. The van der Waals surface area contributed by atoms with Gasteiger partial charge in [0.05, 0.1) is 4.91 Å². The molecule has 1 atom stereocenters. The second-order valence-electron chi connectivity index (χ2n) is 6.42. The Bertz CT molecular complexity index is 697. The molecule has 5 heteroatoms. The molecular formula is C16H20ClNO2S. The molecule has 0 radical (unpaired) electrons. The van der Waals surface area contributed by atoms with Crippen LogP contribution in [0.3, 0.4) is 0 Å². The molecule has 0 bridgehead atoms. The van der Waals surface area contributed by atoms with Crippen molar-refractivity contribution in [2.24, 2.45) is 10.6 Å². The summed E-state index contributed by atoms with van der Waals surface area (Å²) in [7, 11) is -3.66. The fourth-order valence-electron chi connectivity index (χ4n) is 2.78. The SMILES string of the molecule is CC(C)(C)C1(c2ccc(Cl)cc2)C=CC(S(N)(=O)=O)=CC1. The molecule has 2 N–H and O–H groups in total. The third-order valence-corrected chi connectivity index (χ3v) is 5.40. The fourth-order valence-corrected chi connectivity index (χ4v) is 3.48. The van der Waals surface area contributed by atoms with Crippen LogP contribution in [-0.4, -0.2) is 8.42 Å². The molecule has 0 aliphatic heterocycles. The van der Waals surface area contributed by atoms with Gasteiger partial charge in [-0.15, -0.1) is 0 Å². The lowest BCUT2D eigenvalue weighted by Crippen LogP contribution is -2.39. The van der Waals surface area contributed by atoms with Gasteiger partial charge in [0, 0.05) is 10.4 Å². The van der Waals surface area contributed by atoms with E-state index in [0.717, 1.165) is 5.56 Å². The molecule has 0 amide bonds.